The van der Waals surface area contributed by atoms with Gasteiger partial charge < -0.3 is 9.88 Å². The molecule has 7 heteroatoms. The van der Waals surface area contributed by atoms with Crippen LogP contribution < -0.4 is 5.56 Å². The van der Waals surface area contributed by atoms with E-state index in [4.69, 9.17) is 0 Å². The fraction of sp³-hybridized carbons (Fsp3) is 0.667. The lowest BCUT2D eigenvalue weighted by Gasteiger charge is -2.41. The number of aromatic nitrogens is 2. The number of H-pyrrole nitrogens is 1. The highest BCUT2D eigenvalue weighted by molar-refractivity contribution is 7.99. The van der Waals surface area contributed by atoms with E-state index in [1.54, 1.807) is 11.3 Å². The van der Waals surface area contributed by atoms with Crippen LogP contribution in [0.2, 0.25) is 0 Å². The first kappa shape index (κ1) is 18.7. The zero-order valence-corrected chi connectivity index (χ0v) is 17.8. The Bertz CT molecular complexity index is 951. The van der Waals surface area contributed by atoms with Crippen molar-refractivity contribution in [1.29, 1.82) is 0 Å². The van der Waals surface area contributed by atoms with Crippen LogP contribution in [-0.2, 0) is 17.6 Å². The zero-order valence-electron chi connectivity index (χ0n) is 16.2. The third-order valence-corrected chi connectivity index (χ3v) is 8.82. The van der Waals surface area contributed by atoms with Crippen molar-refractivity contribution in [3.05, 3.63) is 20.8 Å². The molecule has 2 atom stereocenters. The van der Waals surface area contributed by atoms with Gasteiger partial charge in [-0.2, -0.15) is 0 Å². The summed E-state index contributed by atoms with van der Waals surface area (Å²) in [5, 5.41) is 1.37. The maximum Gasteiger partial charge on any atom is 0.260 e. The number of hydrogen-bond donors (Lipinski definition) is 1. The minimum absolute atomic E-state index is 0.0395. The smallest absolute Gasteiger partial charge is 0.260 e. The topological polar surface area (TPSA) is 66.1 Å². The van der Waals surface area contributed by atoms with Gasteiger partial charge in [-0.3, -0.25) is 9.59 Å². The molecule has 5 nitrogen and oxygen atoms in total. The van der Waals surface area contributed by atoms with Gasteiger partial charge in [0.05, 0.1) is 11.1 Å². The number of nitrogens with zero attached hydrogens (tertiary/aromatic N) is 2. The minimum Gasteiger partial charge on any atom is -0.342 e. The summed E-state index contributed by atoms with van der Waals surface area (Å²) in [7, 11) is 0. The van der Waals surface area contributed by atoms with Gasteiger partial charge in [0, 0.05) is 18.0 Å². The van der Waals surface area contributed by atoms with Crippen LogP contribution in [-0.4, -0.2) is 39.6 Å². The summed E-state index contributed by atoms with van der Waals surface area (Å²) in [4.78, 5) is 37.2. The van der Waals surface area contributed by atoms with Gasteiger partial charge in [-0.1, -0.05) is 31.0 Å². The second kappa shape index (κ2) is 7.82. The lowest BCUT2D eigenvalue weighted by Crippen LogP contribution is -2.45. The fourth-order valence-corrected chi connectivity index (χ4v) is 7.34. The predicted molar refractivity (Wildman–Crippen MR) is 114 cm³/mol. The molecule has 0 spiro atoms. The molecule has 0 aromatic carbocycles. The van der Waals surface area contributed by atoms with Gasteiger partial charge in [0.25, 0.3) is 5.56 Å². The molecular weight excluding hydrogens is 390 g/mol. The first-order valence-electron chi connectivity index (χ1n) is 10.6. The van der Waals surface area contributed by atoms with Crippen LogP contribution in [0.15, 0.2) is 9.95 Å². The van der Waals surface area contributed by atoms with Crippen molar-refractivity contribution >= 4 is 39.2 Å². The Kier molecular flexibility index (Phi) is 5.22. The molecule has 1 N–H and O–H groups in total. The Morgan fingerprint density at radius 2 is 1.96 bits per heavy atom. The molecule has 1 aliphatic heterocycles. The van der Waals surface area contributed by atoms with E-state index in [2.05, 4.69) is 9.97 Å². The van der Waals surface area contributed by atoms with E-state index in [1.165, 1.54) is 54.3 Å². The van der Waals surface area contributed by atoms with E-state index < -0.39 is 0 Å². The number of piperidine rings is 1. The summed E-state index contributed by atoms with van der Waals surface area (Å²) >= 11 is 3.04. The largest absolute Gasteiger partial charge is 0.342 e. The third kappa shape index (κ3) is 3.52. The number of thioether (sulfide) groups is 1. The molecule has 28 heavy (non-hydrogen) atoms. The molecule has 0 bridgehead atoms. The lowest BCUT2D eigenvalue weighted by atomic mass is 9.75. The Labute approximate surface area is 173 Å². The summed E-state index contributed by atoms with van der Waals surface area (Å²) in [6.07, 6.45) is 10.9. The van der Waals surface area contributed by atoms with Crippen LogP contribution in [0.4, 0.5) is 0 Å². The van der Waals surface area contributed by atoms with E-state index in [0.29, 0.717) is 16.8 Å². The van der Waals surface area contributed by atoms with Crippen molar-refractivity contribution in [2.24, 2.45) is 11.8 Å². The van der Waals surface area contributed by atoms with E-state index >= 15 is 0 Å². The molecule has 0 unspecified atom stereocenters. The second-order valence-electron chi connectivity index (χ2n) is 8.48. The van der Waals surface area contributed by atoms with E-state index in [1.807, 2.05) is 4.90 Å². The van der Waals surface area contributed by atoms with Crippen LogP contribution in [0.25, 0.3) is 10.2 Å². The van der Waals surface area contributed by atoms with Gasteiger partial charge in [0.2, 0.25) is 5.91 Å². The minimum atomic E-state index is -0.0395. The first-order chi connectivity index (χ1) is 13.7. The van der Waals surface area contributed by atoms with Crippen LogP contribution in [0.3, 0.4) is 0 Å². The molecule has 150 valence electrons. The molecule has 3 heterocycles. The predicted octanol–water partition coefficient (Wildman–Crippen LogP) is 3.99. The average molecular weight is 418 g/mol. The van der Waals surface area contributed by atoms with Crippen LogP contribution in [0.5, 0.6) is 0 Å². The number of aromatic amines is 1. The zero-order chi connectivity index (χ0) is 19.1. The summed E-state index contributed by atoms with van der Waals surface area (Å²) in [6, 6.07) is 0. The Morgan fingerprint density at radius 3 is 2.86 bits per heavy atom. The van der Waals surface area contributed by atoms with Crippen LogP contribution in [0.1, 0.15) is 55.4 Å². The summed E-state index contributed by atoms with van der Waals surface area (Å²) < 4.78 is 0. The number of likely N-dealkylation sites (tertiary alicyclic amines) is 1. The number of hydrogen-bond acceptors (Lipinski definition) is 5. The van der Waals surface area contributed by atoms with Gasteiger partial charge in [-0.05, 0) is 55.9 Å². The molecule has 3 aliphatic rings. The molecule has 2 aromatic heterocycles. The highest BCUT2D eigenvalue weighted by Gasteiger charge is 2.32. The van der Waals surface area contributed by atoms with Crippen molar-refractivity contribution in [1.82, 2.24) is 14.9 Å². The lowest BCUT2D eigenvalue weighted by molar-refractivity contribution is -0.131. The molecule has 2 aliphatic carbocycles. The standard InChI is InChI=1S/C21H27N3O2S2/c25-17(24-10-9-13-5-1-2-6-14(13)11-24)12-27-21-22-19(26)18-15-7-3-4-8-16(15)28-20(18)23-21/h13-14H,1-12H2,(H,22,23,26)/t13-,14+/m1/s1. The van der Waals surface area contributed by atoms with Gasteiger partial charge in [0.15, 0.2) is 5.16 Å². The molecule has 0 radical (unpaired) electrons. The van der Waals surface area contributed by atoms with Crippen LogP contribution >= 0.6 is 23.1 Å². The number of rotatable bonds is 3. The van der Waals surface area contributed by atoms with Crippen molar-refractivity contribution in [2.45, 2.75) is 62.9 Å². The molecule has 1 amide bonds. The number of fused-ring (bicyclic) bond motifs is 4. The normalized spacial score (nSPS) is 24.8. The van der Waals surface area contributed by atoms with Crippen LogP contribution in [0, 0.1) is 11.8 Å². The number of thiophene rings is 1. The molecule has 5 rings (SSSR count). The van der Waals surface area contributed by atoms with Gasteiger partial charge in [0.1, 0.15) is 4.83 Å². The van der Waals surface area contributed by atoms with Crippen molar-refractivity contribution in [3.8, 4) is 0 Å². The molecule has 1 saturated carbocycles. The monoisotopic (exact) mass is 417 g/mol. The number of nitrogens with one attached hydrogen (secondary N) is 1. The molecule has 2 aromatic rings. The third-order valence-electron chi connectivity index (χ3n) is 6.78. The first-order valence-corrected chi connectivity index (χ1v) is 12.4. The summed E-state index contributed by atoms with van der Waals surface area (Å²) in [5.41, 5.74) is 1.17. The fourth-order valence-electron chi connectivity index (χ4n) is 5.26. The van der Waals surface area contributed by atoms with Crippen molar-refractivity contribution < 1.29 is 4.79 Å². The quantitative estimate of drug-likeness (QED) is 0.606. The molecule has 2 fully saturated rings. The van der Waals surface area contributed by atoms with Gasteiger partial charge in [-0.25, -0.2) is 4.98 Å². The van der Waals surface area contributed by atoms with Gasteiger partial charge >= 0.3 is 0 Å². The van der Waals surface area contributed by atoms with Crippen molar-refractivity contribution in [2.75, 3.05) is 18.8 Å². The Morgan fingerprint density at radius 1 is 1.14 bits per heavy atom. The number of amides is 1. The highest BCUT2D eigenvalue weighted by atomic mass is 32.2. The maximum atomic E-state index is 12.7. The number of carbonyl (C=O) groups is 1. The van der Waals surface area contributed by atoms with E-state index in [-0.39, 0.29) is 11.5 Å². The van der Waals surface area contributed by atoms with Gasteiger partial charge in [-0.15, -0.1) is 11.3 Å². The Hall–Kier alpha value is -1.34. The second-order valence-corrected chi connectivity index (χ2v) is 10.5. The van der Waals surface area contributed by atoms with E-state index in [9.17, 15) is 9.59 Å². The number of aryl methyl sites for hydroxylation is 2. The molecular formula is C21H27N3O2S2. The average Bonchev–Trinajstić information content (AvgIpc) is 3.10. The molecule has 1 saturated heterocycles. The maximum absolute atomic E-state index is 12.7. The summed E-state index contributed by atoms with van der Waals surface area (Å²) in [6.45, 7) is 1.81. The van der Waals surface area contributed by atoms with Crippen molar-refractivity contribution in [3.63, 3.8) is 0 Å². The highest BCUT2D eigenvalue weighted by Crippen LogP contribution is 2.37. The Balaban J connectivity index is 1.27. The number of carbonyl (C=O) groups excluding carboxylic acids is 1. The summed E-state index contributed by atoms with van der Waals surface area (Å²) in [5.74, 6) is 2.07. The SMILES string of the molecule is O=C(CSc1nc2sc3c(c2c(=O)[nH]1)CCCC3)N1CC[C@H]2CCCC[C@H]2C1. The van der Waals surface area contributed by atoms with E-state index in [0.717, 1.165) is 54.9 Å².